The lowest BCUT2D eigenvalue weighted by atomic mass is 10.2. The van der Waals surface area contributed by atoms with Crippen molar-refractivity contribution in [3.05, 3.63) is 23.9 Å². The summed E-state index contributed by atoms with van der Waals surface area (Å²) in [6, 6.07) is 1.60. The highest BCUT2D eigenvalue weighted by Crippen LogP contribution is 2.08. The number of carbonyl (C=O) groups excluding carboxylic acids is 1. The summed E-state index contributed by atoms with van der Waals surface area (Å²) >= 11 is 0. The van der Waals surface area contributed by atoms with Crippen molar-refractivity contribution in [2.75, 3.05) is 19.0 Å². The average Bonchev–Trinajstić information content (AvgIpc) is 2.37. The summed E-state index contributed by atoms with van der Waals surface area (Å²) in [5.41, 5.74) is 0.159. The maximum absolute atomic E-state index is 11.8. The molecule has 0 fully saturated rings. The number of amides is 1. The van der Waals surface area contributed by atoms with Crippen LogP contribution < -0.4 is 10.2 Å². The second-order valence-electron chi connectivity index (χ2n) is 4.26. The third-order valence-corrected chi connectivity index (χ3v) is 2.45. The Labute approximate surface area is 115 Å². The van der Waals surface area contributed by atoms with Gasteiger partial charge in [0, 0.05) is 20.3 Å². The summed E-state index contributed by atoms with van der Waals surface area (Å²) < 4.78 is 0. The van der Waals surface area contributed by atoms with Crippen molar-refractivity contribution in [1.82, 2.24) is 10.3 Å². The number of anilines is 1. The van der Waals surface area contributed by atoms with E-state index >= 15 is 0 Å². The van der Waals surface area contributed by atoms with Crippen molar-refractivity contribution in [2.45, 2.75) is 12.5 Å². The molecule has 1 atom stereocenters. The van der Waals surface area contributed by atoms with E-state index in [-0.39, 0.29) is 5.56 Å². The molecule has 1 unspecified atom stereocenters. The van der Waals surface area contributed by atoms with E-state index in [1.165, 1.54) is 12.3 Å². The van der Waals surface area contributed by atoms with Gasteiger partial charge >= 0.3 is 11.9 Å². The molecular weight excluding hydrogens is 266 g/mol. The van der Waals surface area contributed by atoms with E-state index in [1.54, 1.807) is 25.1 Å². The molecule has 8 heteroatoms. The molecule has 0 spiro atoms. The van der Waals surface area contributed by atoms with E-state index in [1.807, 2.05) is 0 Å². The Balaban J connectivity index is 2.78. The van der Waals surface area contributed by atoms with E-state index in [0.717, 1.165) is 0 Å². The molecule has 1 aromatic heterocycles. The lowest BCUT2D eigenvalue weighted by molar-refractivity contribution is -0.145. The summed E-state index contributed by atoms with van der Waals surface area (Å²) in [5, 5.41) is 19.6. The van der Waals surface area contributed by atoms with Crippen LogP contribution in [0.3, 0.4) is 0 Å². The Hall–Kier alpha value is -2.64. The first-order chi connectivity index (χ1) is 9.31. The third-order valence-electron chi connectivity index (χ3n) is 2.45. The largest absolute Gasteiger partial charge is 0.481 e. The molecule has 0 aliphatic rings. The number of hydrogen-bond donors (Lipinski definition) is 3. The average molecular weight is 281 g/mol. The second-order valence-corrected chi connectivity index (χ2v) is 4.26. The van der Waals surface area contributed by atoms with Crippen LogP contribution in [0.25, 0.3) is 0 Å². The Morgan fingerprint density at radius 2 is 1.95 bits per heavy atom. The molecule has 0 saturated carbocycles. The van der Waals surface area contributed by atoms with Gasteiger partial charge in [-0.25, -0.2) is 9.78 Å². The molecule has 3 N–H and O–H groups in total. The van der Waals surface area contributed by atoms with Crippen LogP contribution in [0.1, 0.15) is 16.8 Å². The summed E-state index contributed by atoms with van der Waals surface area (Å²) in [4.78, 5) is 38.9. The van der Waals surface area contributed by atoms with Crippen molar-refractivity contribution < 1.29 is 24.6 Å². The number of carbonyl (C=O) groups is 3. The van der Waals surface area contributed by atoms with Gasteiger partial charge in [0.25, 0.3) is 5.91 Å². The minimum absolute atomic E-state index is 0.159. The van der Waals surface area contributed by atoms with Crippen molar-refractivity contribution in [1.29, 1.82) is 0 Å². The predicted molar refractivity (Wildman–Crippen MR) is 69.7 cm³/mol. The Morgan fingerprint density at radius 3 is 2.35 bits per heavy atom. The highest BCUT2D eigenvalue weighted by atomic mass is 16.4. The van der Waals surface area contributed by atoms with Crippen molar-refractivity contribution in [3.63, 3.8) is 0 Å². The maximum Gasteiger partial charge on any atom is 0.326 e. The van der Waals surface area contributed by atoms with Gasteiger partial charge in [-0.1, -0.05) is 0 Å². The van der Waals surface area contributed by atoms with E-state index < -0.39 is 30.3 Å². The zero-order valence-electron chi connectivity index (χ0n) is 11.0. The van der Waals surface area contributed by atoms with Gasteiger partial charge in [0.1, 0.15) is 11.9 Å². The molecule has 0 aliphatic heterocycles. The van der Waals surface area contributed by atoms with Gasteiger partial charge in [0.15, 0.2) is 0 Å². The zero-order valence-corrected chi connectivity index (χ0v) is 11.0. The molecule has 0 bridgehead atoms. The molecule has 0 saturated heterocycles. The highest BCUT2D eigenvalue weighted by molar-refractivity contribution is 5.97. The highest BCUT2D eigenvalue weighted by Gasteiger charge is 2.23. The summed E-state index contributed by atoms with van der Waals surface area (Å²) in [5.74, 6) is -2.75. The normalized spacial score (nSPS) is 11.5. The number of carboxylic acid groups (broad SMARTS) is 2. The fourth-order valence-electron chi connectivity index (χ4n) is 1.40. The summed E-state index contributed by atoms with van der Waals surface area (Å²) in [7, 11) is 3.57. The maximum atomic E-state index is 11.8. The van der Waals surface area contributed by atoms with Crippen LogP contribution in [-0.4, -0.2) is 53.2 Å². The molecule has 1 aromatic rings. The zero-order chi connectivity index (χ0) is 15.3. The Kier molecular flexibility index (Phi) is 5.01. The van der Waals surface area contributed by atoms with Gasteiger partial charge in [-0.05, 0) is 12.1 Å². The molecule has 1 rings (SSSR count). The molecule has 8 nitrogen and oxygen atoms in total. The Morgan fingerprint density at radius 1 is 1.30 bits per heavy atom. The fourth-order valence-corrected chi connectivity index (χ4v) is 1.40. The molecule has 1 heterocycles. The van der Waals surface area contributed by atoms with Gasteiger partial charge in [0.05, 0.1) is 12.0 Å². The molecular formula is C12H15N3O5. The first-order valence-corrected chi connectivity index (χ1v) is 5.70. The number of rotatable bonds is 6. The van der Waals surface area contributed by atoms with E-state index in [4.69, 9.17) is 10.2 Å². The number of hydrogen-bond acceptors (Lipinski definition) is 5. The van der Waals surface area contributed by atoms with Crippen LogP contribution in [0.15, 0.2) is 18.3 Å². The number of pyridine rings is 1. The van der Waals surface area contributed by atoms with Gasteiger partial charge in [-0.15, -0.1) is 0 Å². The second kappa shape index (κ2) is 6.50. The van der Waals surface area contributed by atoms with Gasteiger partial charge in [0.2, 0.25) is 0 Å². The first kappa shape index (κ1) is 15.4. The molecule has 0 aromatic carbocycles. The van der Waals surface area contributed by atoms with Crippen LogP contribution in [0.5, 0.6) is 0 Å². The van der Waals surface area contributed by atoms with Crippen molar-refractivity contribution in [3.8, 4) is 0 Å². The van der Waals surface area contributed by atoms with E-state index in [9.17, 15) is 14.4 Å². The number of carboxylic acids is 2. The number of nitrogens with zero attached hydrogens (tertiary/aromatic N) is 2. The van der Waals surface area contributed by atoms with E-state index in [0.29, 0.717) is 5.82 Å². The Bertz CT molecular complexity index is 512. The van der Waals surface area contributed by atoms with Crippen molar-refractivity contribution >= 4 is 23.7 Å². The monoisotopic (exact) mass is 281 g/mol. The fraction of sp³-hybridized carbons (Fsp3) is 0.333. The SMILES string of the molecule is CN(C)c1ccc(C(=O)NC(CC(=O)O)C(=O)O)cn1. The van der Waals surface area contributed by atoms with Gasteiger partial charge < -0.3 is 20.4 Å². The van der Waals surface area contributed by atoms with Crippen LogP contribution in [-0.2, 0) is 9.59 Å². The predicted octanol–water partition coefficient (Wildman–Crippen LogP) is -0.195. The minimum Gasteiger partial charge on any atom is -0.481 e. The smallest absolute Gasteiger partial charge is 0.326 e. The molecule has 20 heavy (non-hydrogen) atoms. The lowest BCUT2D eigenvalue weighted by Gasteiger charge is -2.13. The number of nitrogens with one attached hydrogen (secondary N) is 1. The van der Waals surface area contributed by atoms with Crippen LogP contribution in [0.4, 0.5) is 5.82 Å². The molecule has 108 valence electrons. The standard InChI is InChI=1S/C12H15N3O5/c1-15(2)9-4-3-7(6-13-9)11(18)14-8(12(19)20)5-10(16)17/h3-4,6,8H,5H2,1-2H3,(H,14,18)(H,16,17)(H,19,20). The van der Waals surface area contributed by atoms with Gasteiger partial charge in [-0.3, -0.25) is 9.59 Å². The van der Waals surface area contributed by atoms with Crippen LogP contribution >= 0.6 is 0 Å². The molecule has 0 aliphatic carbocycles. The van der Waals surface area contributed by atoms with E-state index in [2.05, 4.69) is 10.3 Å². The van der Waals surface area contributed by atoms with Gasteiger partial charge in [-0.2, -0.15) is 0 Å². The third kappa shape index (κ3) is 4.23. The first-order valence-electron chi connectivity index (χ1n) is 5.70. The summed E-state index contributed by atoms with van der Waals surface area (Å²) in [6.07, 6.45) is 0.606. The quantitative estimate of drug-likeness (QED) is 0.660. The summed E-state index contributed by atoms with van der Waals surface area (Å²) in [6.45, 7) is 0. The lowest BCUT2D eigenvalue weighted by Crippen LogP contribution is -2.42. The van der Waals surface area contributed by atoms with Crippen LogP contribution in [0.2, 0.25) is 0 Å². The number of aliphatic carboxylic acids is 2. The molecule has 0 radical (unpaired) electrons. The molecule has 1 amide bonds. The topological polar surface area (TPSA) is 120 Å². The minimum atomic E-state index is -1.48. The van der Waals surface area contributed by atoms with Crippen LogP contribution in [0, 0.1) is 0 Å². The van der Waals surface area contributed by atoms with Crippen molar-refractivity contribution in [2.24, 2.45) is 0 Å². The number of aromatic nitrogens is 1.